The van der Waals surface area contributed by atoms with Crippen LogP contribution in [0.25, 0.3) is 0 Å². The molecule has 0 spiro atoms. The summed E-state index contributed by atoms with van der Waals surface area (Å²) in [6, 6.07) is 0.273. The van der Waals surface area contributed by atoms with Gasteiger partial charge in [-0.3, -0.25) is 9.69 Å². The van der Waals surface area contributed by atoms with Crippen molar-refractivity contribution >= 4 is 5.97 Å². The maximum Gasteiger partial charge on any atom is 0.307 e. The first kappa shape index (κ1) is 14.1. The second-order valence-corrected chi connectivity index (χ2v) is 5.20. The fourth-order valence-electron chi connectivity index (χ4n) is 2.71. The number of carbonyl (C=O) groups is 1. The van der Waals surface area contributed by atoms with Crippen molar-refractivity contribution in [2.45, 2.75) is 52.1 Å². The summed E-state index contributed by atoms with van der Waals surface area (Å²) in [5.41, 5.74) is 2.09. The summed E-state index contributed by atoms with van der Waals surface area (Å²) in [6.45, 7) is 5.73. The summed E-state index contributed by atoms with van der Waals surface area (Å²) in [7, 11) is 1.45. The van der Waals surface area contributed by atoms with Crippen LogP contribution in [0.15, 0.2) is 4.52 Å². The summed E-state index contributed by atoms with van der Waals surface area (Å²) in [4.78, 5) is 13.8. The summed E-state index contributed by atoms with van der Waals surface area (Å²) >= 11 is 0. The van der Waals surface area contributed by atoms with Crippen LogP contribution in [-0.2, 0) is 16.1 Å². The van der Waals surface area contributed by atoms with Crippen molar-refractivity contribution in [3.63, 3.8) is 0 Å². The first-order valence-electron chi connectivity index (χ1n) is 6.84. The predicted molar refractivity (Wildman–Crippen MR) is 70.7 cm³/mol. The van der Waals surface area contributed by atoms with E-state index in [9.17, 15) is 4.79 Å². The van der Waals surface area contributed by atoms with E-state index in [4.69, 9.17) is 9.26 Å². The molecule has 1 saturated heterocycles. The third kappa shape index (κ3) is 3.35. The number of hydrogen-bond donors (Lipinski definition) is 0. The van der Waals surface area contributed by atoms with Gasteiger partial charge in [-0.2, -0.15) is 0 Å². The van der Waals surface area contributed by atoms with Gasteiger partial charge >= 0.3 is 5.97 Å². The molecule has 19 heavy (non-hydrogen) atoms. The smallest absolute Gasteiger partial charge is 0.307 e. The molecule has 2 heterocycles. The van der Waals surface area contributed by atoms with Crippen molar-refractivity contribution in [1.29, 1.82) is 0 Å². The molecule has 1 aliphatic rings. The maximum absolute atomic E-state index is 11.5. The van der Waals surface area contributed by atoms with E-state index < -0.39 is 0 Å². The van der Waals surface area contributed by atoms with Crippen LogP contribution in [0.5, 0.6) is 0 Å². The second kappa shape index (κ2) is 6.19. The molecule has 0 amide bonds. The number of likely N-dealkylation sites (tertiary alicyclic amines) is 1. The fourth-order valence-corrected chi connectivity index (χ4v) is 2.71. The van der Waals surface area contributed by atoms with Crippen molar-refractivity contribution < 1.29 is 14.1 Å². The summed E-state index contributed by atoms with van der Waals surface area (Å²) in [6.07, 6.45) is 3.89. The molecule has 1 fully saturated rings. The number of aromatic nitrogens is 1. The number of aryl methyl sites for hydroxylation is 2. The summed E-state index contributed by atoms with van der Waals surface area (Å²) in [5, 5.41) is 3.99. The van der Waals surface area contributed by atoms with Crippen LogP contribution in [-0.4, -0.2) is 35.7 Å². The van der Waals surface area contributed by atoms with Crippen molar-refractivity contribution in [1.82, 2.24) is 10.1 Å². The van der Waals surface area contributed by atoms with Gasteiger partial charge in [-0.15, -0.1) is 0 Å². The molecule has 0 aromatic carbocycles. The molecule has 0 bridgehead atoms. The number of ether oxygens (including phenoxy) is 1. The number of hydrogen-bond acceptors (Lipinski definition) is 5. The van der Waals surface area contributed by atoms with Crippen LogP contribution >= 0.6 is 0 Å². The predicted octanol–water partition coefficient (Wildman–Crippen LogP) is 2.21. The van der Waals surface area contributed by atoms with Gasteiger partial charge in [0, 0.05) is 18.2 Å². The number of esters is 1. The maximum atomic E-state index is 11.5. The lowest BCUT2D eigenvalue weighted by Crippen LogP contribution is -2.40. The Bertz CT molecular complexity index is 422. The van der Waals surface area contributed by atoms with Gasteiger partial charge in [0.15, 0.2) is 0 Å². The largest absolute Gasteiger partial charge is 0.469 e. The molecule has 0 radical (unpaired) electrons. The topological polar surface area (TPSA) is 55.6 Å². The zero-order valence-corrected chi connectivity index (χ0v) is 11.9. The average molecular weight is 266 g/mol. The molecule has 106 valence electrons. The zero-order valence-electron chi connectivity index (χ0n) is 11.9. The van der Waals surface area contributed by atoms with Gasteiger partial charge in [0.1, 0.15) is 5.76 Å². The minimum absolute atomic E-state index is 0.129. The number of piperidine rings is 1. The molecule has 1 atom stereocenters. The molecule has 5 nitrogen and oxygen atoms in total. The van der Waals surface area contributed by atoms with E-state index in [-0.39, 0.29) is 12.0 Å². The van der Waals surface area contributed by atoms with Crippen LogP contribution < -0.4 is 0 Å². The highest BCUT2D eigenvalue weighted by molar-refractivity contribution is 5.69. The van der Waals surface area contributed by atoms with E-state index in [1.54, 1.807) is 0 Å². The van der Waals surface area contributed by atoms with Crippen molar-refractivity contribution in [2.24, 2.45) is 0 Å². The minimum atomic E-state index is -0.129. The van der Waals surface area contributed by atoms with Crippen LogP contribution in [0.1, 0.15) is 42.7 Å². The quantitative estimate of drug-likeness (QED) is 0.782. The van der Waals surface area contributed by atoms with Crippen molar-refractivity contribution in [2.75, 3.05) is 13.7 Å². The molecule has 1 unspecified atom stereocenters. The van der Waals surface area contributed by atoms with Gasteiger partial charge in [-0.25, -0.2) is 0 Å². The second-order valence-electron chi connectivity index (χ2n) is 5.20. The van der Waals surface area contributed by atoms with E-state index >= 15 is 0 Å². The monoisotopic (exact) mass is 266 g/mol. The Morgan fingerprint density at radius 2 is 2.26 bits per heavy atom. The third-order valence-electron chi connectivity index (χ3n) is 3.92. The Kier molecular flexibility index (Phi) is 4.58. The van der Waals surface area contributed by atoms with Gasteiger partial charge in [0.05, 0.1) is 19.2 Å². The van der Waals surface area contributed by atoms with E-state index in [2.05, 4.69) is 10.1 Å². The summed E-state index contributed by atoms with van der Waals surface area (Å²) in [5.74, 6) is 0.746. The molecule has 5 heteroatoms. The Balaban J connectivity index is 2.05. The number of methoxy groups -OCH3 is 1. The molecular weight excluding hydrogens is 244 g/mol. The standard InChI is InChI=1S/C14H22N2O3/c1-10-13(11(2)19-15-10)9-16-7-5-4-6-12(16)8-14(17)18-3/h12H,4-9H2,1-3H3. The molecule has 0 saturated carbocycles. The molecular formula is C14H22N2O3. The Hall–Kier alpha value is -1.36. The molecule has 1 aromatic rings. The molecule has 0 N–H and O–H groups in total. The lowest BCUT2D eigenvalue weighted by atomic mass is 9.98. The van der Waals surface area contributed by atoms with E-state index in [1.807, 2.05) is 13.8 Å². The van der Waals surface area contributed by atoms with Crippen molar-refractivity contribution in [3.05, 3.63) is 17.0 Å². The van der Waals surface area contributed by atoms with Crippen LogP contribution in [0.4, 0.5) is 0 Å². The van der Waals surface area contributed by atoms with E-state index in [0.29, 0.717) is 6.42 Å². The Labute approximate surface area is 113 Å². The highest BCUT2D eigenvalue weighted by atomic mass is 16.5. The fraction of sp³-hybridized carbons (Fsp3) is 0.714. The van der Waals surface area contributed by atoms with Crippen LogP contribution in [0.3, 0.4) is 0 Å². The zero-order chi connectivity index (χ0) is 13.8. The van der Waals surface area contributed by atoms with Gasteiger partial charge < -0.3 is 9.26 Å². The summed E-state index contributed by atoms with van der Waals surface area (Å²) < 4.78 is 9.99. The van der Waals surface area contributed by atoms with Gasteiger partial charge in [-0.1, -0.05) is 11.6 Å². The molecule has 1 aromatic heterocycles. The average Bonchev–Trinajstić information content (AvgIpc) is 2.72. The Morgan fingerprint density at radius 3 is 2.89 bits per heavy atom. The van der Waals surface area contributed by atoms with Crippen molar-refractivity contribution in [3.8, 4) is 0 Å². The number of carbonyl (C=O) groups excluding carboxylic acids is 1. The molecule has 0 aliphatic carbocycles. The lowest BCUT2D eigenvalue weighted by Gasteiger charge is -2.35. The highest BCUT2D eigenvalue weighted by Gasteiger charge is 2.26. The Morgan fingerprint density at radius 1 is 1.47 bits per heavy atom. The molecule has 1 aliphatic heterocycles. The first-order chi connectivity index (χ1) is 9.11. The number of nitrogens with zero attached hydrogens (tertiary/aromatic N) is 2. The van der Waals surface area contributed by atoms with Gasteiger partial charge in [0.2, 0.25) is 0 Å². The normalized spacial score (nSPS) is 20.5. The van der Waals surface area contributed by atoms with Crippen LogP contribution in [0, 0.1) is 13.8 Å². The van der Waals surface area contributed by atoms with E-state index in [1.165, 1.54) is 20.0 Å². The lowest BCUT2D eigenvalue weighted by molar-refractivity contribution is -0.142. The first-order valence-corrected chi connectivity index (χ1v) is 6.84. The third-order valence-corrected chi connectivity index (χ3v) is 3.92. The minimum Gasteiger partial charge on any atom is -0.469 e. The molecule has 2 rings (SSSR count). The van der Waals surface area contributed by atoms with E-state index in [0.717, 1.165) is 36.5 Å². The SMILES string of the molecule is COC(=O)CC1CCCCN1Cc1c(C)noc1C. The number of rotatable bonds is 4. The van der Waals surface area contributed by atoms with Crippen LogP contribution in [0.2, 0.25) is 0 Å². The van der Waals surface area contributed by atoms with Gasteiger partial charge in [0.25, 0.3) is 0 Å². The highest BCUT2D eigenvalue weighted by Crippen LogP contribution is 2.24. The van der Waals surface area contributed by atoms with Gasteiger partial charge in [-0.05, 0) is 33.2 Å².